The number of hydrogen-bond acceptors (Lipinski definition) is 2. The predicted octanol–water partition coefficient (Wildman–Crippen LogP) is 0.212. The van der Waals surface area contributed by atoms with Gasteiger partial charge in [-0.05, 0) is 6.08 Å². The van der Waals surface area contributed by atoms with Gasteiger partial charge in [-0.2, -0.15) is 13.2 Å². The molecule has 12 heavy (non-hydrogen) atoms. The molecule has 0 aromatic rings. The average Bonchev–Trinajstić information content (AvgIpc) is 1.97. The Bertz CT molecular complexity index is 178. The summed E-state index contributed by atoms with van der Waals surface area (Å²) in [6.45, 7) is 2.17. The summed E-state index contributed by atoms with van der Waals surface area (Å²) < 4.78 is 34.7. The van der Waals surface area contributed by atoms with Gasteiger partial charge in [0.25, 0.3) is 0 Å². The summed E-state index contributed by atoms with van der Waals surface area (Å²) in [5, 5.41) is 10.2. The molecular weight excluding hydrogens is 175 g/mol. The van der Waals surface area contributed by atoms with Crippen LogP contribution in [-0.4, -0.2) is 29.8 Å². The first-order valence-electron chi connectivity index (χ1n) is 3.03. The van der Waals surface area contributed by atoms with Gasteiger partial charge < -0.3 is 10.4 Å². The zero-order valence-corrected chi connectivity index (χ0v) is 6.06. The van der Waals surface area contributed by atoms with Crippen LogP contribution in [0, 0.1) is 0 Å². The van der Waals surface area contributed by atoms with Gasteiger partial charge in [-0.1, -0.05) is 6.58 Å². The van der Waals surface area contributed by atoms with Gasteiger partial charge in [0.15, 0.2) is 6.10 Å². The molecule has 1 amide bonds. The van der Waals surface area contributed by atoms with E-state index < -0.39 is 24.7 Å². The minimum atomic E-state index is -4.70. The number of carbonyl (C=O) groups is 1. The zero-order chi connectivity index (χ0) is 9.78. The summed E-state index contributed by atoms with van der Waals surface area (Å²) in [5.41, 5.74) is 0. The summed E-state index contributed by atoms with van der Waals surface area (Å²) >= 11 is 0. The van der Waals surface area contributed by atoms with Crippen LogP contribution in [0.25, 0.3) is 0 Å². The number of alkyl halides is 3. The molecule has 0 aromatic heterocycles. The van der Waals surface area contributed by atoms with E-state index in [0.717, 1.165) is 6.08 Å². The highest BCUT2D eigenvalue weighted by molar-refractivity contribution is 5.86. The molecular formula is C6H8F3NO2. The molecule has 0 aliphatic carbocycles. The Morgan fingerprint density at radius 2 is 2.17 bits per heavy atom. The molecule has 0 saturated heterocycles. The fourth-order valence-electron chi connectivity index (χ4n) is 0.385. The largest absolute Gasteiger partial charge is 0.416 e. The van der Waals surface area contributed by atoms with Gasteiger partial charge >= 0.3 is 6.18 Å². The van der Waals surface area contributed by atoms with Crippen LogP contribution in [0.15, 0.2) is 12.7 Å². The van der Waals surface area contributed by atoms with Crippen LogP contribution < -0.4 is 5.32 Å². The van der Waals surface area contributed by atoms with Gasteiger partial charge in [0.1, 0.15) is 0 Å². The van der Waals surface area contributed by atoms with Gasteiger partial charge in [-0.15, -0.1) is 0 Å². The molecule has 0 aliphatic heterocycles. The lowest BCUT2D eigenvalue weighted by atomic mass is 10.3. The first kappa shape index (κ1) is 11.0. The van der Waals surface area contributed by atoms with E-state index in [1.165, 1.54) is 0 Å². The molecule has 0 heterocycles. The second kappa shape index (κ2) is 4.10. The maximum Gasteiger partial charge on any atom is 0.416 e. The minimum Gasteiger partial charge on any atom is -0.382 e. The van der Waals surface area contributed by atoms with Gasteiger partial charge in [0, 0.05) is 0 Å². The van der Waals surface area contributed by atoms with Crippen LogP contribution in [0.1, 0.15) is 0 Å². The highest BCUT2D eigenvalue weighted by Gasteiger charge is 2.37. The summed E-state index contributed by atoms with van der Waals surface area (Å²) in [7, 11) is 0. The summed E-state index contributed by atoms with van der Waals surface area (Å²) in [4.78, 5) is 10.3. The molecule has 70 valence electrons. The van der Waals surface area contributed by atoms with Crippen molar-refractivity contribution in [3.63, 3.8) is 0 Å². The first-order chi connectivity index (χ1) is 5.38. The fourth-order valence-corrected chi connectivity index (χ4v) is 0.385. The maximum atomic E-state index is 11.6. The van der Waals surface area contributed by atoms with Gasteiger partial charge in [-0.25, -0.2) is 0 Å². The normalized spacial score (nSPS) is 13.7. The lowest BCUT2D eigenvalue weighted by Gasteiger charge is -2.13. The van der Waals surface area contributed by atoms with E-state index in [1.807, 2.05) is 5.32 Å². The van der Waals surface area contributed by atoms with Crippen molar-refractivity contribution < 1.29 is 23.1 Å². The number of amides is 1. The predicted molar refractivity (Wildman–Crippen MR) is 35.3 cm³/mol. The number of nitrogens with one attached hydrogen (secondary N) is 1. The van der Waals surface area contributed by atoms with E-state index >= 15 is 0 Å². The van der Waals surface area contributed by atoms with E-state index in [-0.39, 0.29) is 0 Å². The number of aliphatic hydroxyl groups is 1. The lowest BCUT2D eigenvalue weighted by molar-refractivity contribution is -0.201. The van der Waals surface area contributed by atoms with Crippen molar-refractivity contribution in [3.05, 3.63) is 12.7 Å². The molecule has 0 aromatic carbocycles. The quantitative estimate of drug-likeness (QED) is 0.614. The van der Waals surface area contributed by atoms with E-state index in [1.54, 1.807) is 0 Å². The molecule has 2 N–H and O–H groups in total. The van der Waals surface area contributed by atoms with Crippen molar-refractivity contribution in [2.75, 3.05) is 6.54 Å². The number of rotatable bonds is 3. The molecule has 0 saturated carbocycles. The Kier molecular flexibility index (Phi) is 3.75. The molecule has 0 spiro atoms. The smallest absolute Gasteiger partial charge is 0.382 e. The van der Waals surface area contributed by atoms with Crippen molar-refractivity contribution in [1.82, 2.24) is 5.32 Å². The summed E-state index contributed by atoms with van der Waals surface area (Å²) in [6.07, 6.45) is -6.40. The van der Waals surface area contributed by atoms with Crippen LogP contribution in [0.2, 0.25) is 0 Å². The van der Waals surface area contributed by atoms with E-state index in [0.29, 0.717) is 0 Å². The average molecular weight is 183 g/mol. The summed E-state index contributed by atoms with van der Waals surface area (Å²) in [6, 6.07) is 0. The van der Waals surface area contributed by atoms with Crippen molar-refractivity contribution in [3.8, 4) is 0 Å². The second-order valence-corrected chi connectivity index (χ2v) is 2.01. The number of aliphatic hydroxyl groups excluding tert-OH is 1. The molecule has 6 heteroatoms. The third-order valence-electron chi connectivity index (χ3n) is 1.03. The number of carbonyl (C=O) groups excluding carboxylic acids is 1. The van der Waals surface area contributed by atoms with Crippen molar-refractivity contribution in [2.45, 2.75) is 12.3 Å². The Balaban J connectivity index is 3.79. The van der Waals surface area contributed by atoms with Crippen LogP contribution in [0.5, 0.6) is 0 Å². The highest BCUT2D eigenvalue weighted by atomic mass is 19.4. The molecule has 3 nitrogen and oxygen atoms in total. The Labute approximate surface area is 66.9 Å². The standard InChI is InChI=1S/C6H8F3NO2/c1-2-5(12)10-3-4(11)6(7,8)9/h2,4,11H,1,3H2,(H,10,12). The van der Waals surface area contributed by atoms with Crippen molar-refractivity contribution >= 4 is 5.91 Å². The second-order valence-electron chi connectivity index (χ2n) is 2.01. The SMILES string of the molecule is C=CC(=O)NCC(O)C(F)(F)F. The first-order valence-corrected chi connectivity index (χ1v) is 3.03. The van der Waals surface area contributed by atoms with Gasteiger partial charge in [-0.3, -0.25) is 4.79 Å². The molecule has 0 aliphatic rings. The zero-order valence-electron chi connectivity index (χ0n) is 6.06. The van der Waals surface area contributed by atoms with E-state index in [9.17, 15) is 18.0 Å². The summed E-state index contributed by atoms with van der Waals surface area (Å²) in [5.74, 6) is -0.752. The van der Waals surface area contributed by atoms with E-state index in [4.69, 9.17) is 5.11 Å². The third-order valence-corrected chi connectivity index (χ3v) is 1.03. The molecule has 1 atom stereocenters. The van der Waals surface area contributed by atoms with Gasteiger partial charge in [0.2, 0.25) is 5.91 Å². The number of halogens is 3. The lowest BCUT2D eigenvalue weighted by Crippen LogP contribution is -2.40. The van der Waals surface area contributed by atoms with Crippen LogP contribution in [0.4, 0.5) is 13.2 Å². The van der Waals surface area contributed by atoms with Gasteiger partial charge in [0.05, 0.1) is 6.54 Å². The van der Waals surface area contributed by atoms with Crippen LogP contribution in [-0.2, 0) is 4.79 Å². The topological polar surface area (TPSA) is 49.3 Å². The van der Waals surface area contributed by atoms with E-state index in [2.05, 4.69) is 6.58 Å². The minimum absolute atomic E-state index is 0.752. The van der Waals surface area contributed by atoms with Crippen LogP contribution in [0.3, 0.4) is 0 Å². The van der Waals surface area contributed by atoms with Crippen molar-refractivity contribution in [1.29, 1.82) is 0 Å². The Morgan fingerprint density at radius 1 is 1.67 bits per heavy atom. The molecule has 0 radical (unpaired) electrons. The fraction of sp³-hybridized carbons (Fsp3) is 0.500. The molecule has 0 fully saturated rings. The maximum absolute atomic E-state index is 11.6. The Hall–Kier alpha value is -1.04. The molecule has 0 bridgehead atoms. The monoisotopic (exact) mass is 183 g/mol. The highest BCUT2D eigenvalue weighted by Crippen LogP contribution is 2.18. The number of hydrogen-bond donors (Lipinski definition) is 2. The third kappa shape index (κ3) is 3.97. The van der Waals surface area contributed by atoms with Crippen molar-refractivity contribution in [2.24, 2.45) is 0 Å². The molecule has 1 unspecified atom stereocenters. The van der Waals surface area contributed by atoms with Crippen LogP contribution >= 0.6 is 0 Å². The Morgan fingerprint density at radius 3 is 2.50 bits per heavy atom. The molecule has 0 rings (SSSR count).